The van der Waals surface area contributed by atoms with Gasteiger partial charge < -0.3 is 9.30 Å². The van der Waals surface area contributed by atoms with Crippen LogP contribution in [0.5, 0.6) is 0 Å². The smallest absolute Gasteiger partial charge is 0.321 e. The van der Waals surface area contributed by atoms with Crippen LogP contribution in [0.1, 0.15) is 34.5 Å². The average Bonchev–Trinajstić information content (AvgIpc) is 3.25. The fourth-order valence-corrected chi connectivity index (χ4v) is 4.62. The molecule has 0 bridgehead atoms. The van der Waals surface area contributed by atoms with Gasteiger partial charge in [0.2, 0.25) is 11.9 Å². The summed E-state index contributed by atoms with van der Waals surface area (Å²) in [5, 5.41) is 0. The molecule has 2 heterocycles. The summed E-state index contributed by atoms with van der Waals surface area (Å²) < 4.78 is 7.24. The van der Waals surface area contributed by atoms with Crippen LogP contribution in [0.4, 0.5) is 5.95 Å². The van der Waals surface area contributed by atoms with Crippen molar-refractivity contribution in [3.05, 3.63) is 95.6 Å². The SMILES string of the molecule is CCOC(=O)C1C(=O)N(CC(=O)c2ccc(C)cc2)c2nc3ccccc3n2C1c1ccccc1. The maximum absolute atomic E-state index is 13.9. The summed E-state index contributed by atoms with van der Waals surface area (Å²) in [6, 6.07) is 23.4. The molecule has 7 heteroatoms. The van der Waals surface area contributed by atoms with Crippen molar-refractivity contribution >= 4 is 34.6 Å². The van der Waals surface area contributed by atoms with E-state index in [0.29, 0.717) is 17.0 Å². The third-order valence-corrected chi connectivity index (χ3v) is 6.30. The number of aryl methyl sites for hydroxylation is 1. The minimum Gasteiger partial charge on any atom is -0.465 e. The van der Waals surface area contributed by atoms with Crippen molar-refractivity contribution in [2.45, 2.75) is 19.9 Å². The zero-order valence-electron chi connectivity index (χ0n) is 19.5. The molecule has 35 heavy (non-hydrogen) atoms. The van der Waals surface area contributed by atoms with E-state index in [0.717, 1.165) is 16.6 Å². The maximum Gasteiger partial charge on any atom is 0.321 e. The number of anilines is 1. The van der Waals surface area contributed by atoms with E-state index < -0.39 is 23.8 Å². The highest BCUT2D eigenvalue weighted by Gasteiger charge is 2.48. The largest absolute Gasteiger partial charge is 0.465 e. The monoisotopic (exact) mass is 467 g/mol. The second-order valence-electron chi connectivity index (χ2n) is 8.57. The number of esters is 1. The lowest BCUT2D eigenvalue weighted by Crippen LogP contribution is -2.51. The Morgan fingerprint density at radius 1 is 0.943 bits per heavy atom. The minimum absolute atomic E-state index is 0.143. The third-order valence-electron chi connectivity index (χ3n) is 6.30. The number of Topliss-reactive ketones (excluding diaryl/α,β-unsaturated/α-hetero) is 1. The van der Waals surface area contributed by atoms with Crippen LogP contribution in [0.3, 0.4) is 0 Å². The second kappa shape index (κ2) is 9.18. The summed E-state index contributed by atoms with van der Waals surface area (Å²) in [5.41, 5.74) is 3.75. The first-order valence-electron chi connectivity index (χ1n) is 11.6. The van der Waals surface area contributed by atoms with Gasteiger partial charge in [0.25, 0.3) is 0 Å². The molecule has 7 nitrogen and oxygen atoms in total. The summed E-state index contributed by atoms with van der Waals surface area (Å²) in [6.07, 6.45) is 0. The van der Waals surface area contributed by atoms with E-state index in [2.05, 4.69) is 0 Å². The molecule has 2 unspecified atom stereocenters. The first-order valence-corrected chi connectivity index (χ1v) is 11.6. The van der Waals surface area contributed by atoms with E-state index in [1.807, 2.05) is 78.2 Å². The van der Waals surface area contributed by atoms with Gasteiger partial charge in [0.1, 0.15) is 0 Å². The van der Waals surface area contributed by atoms with E-state index in [1.165, 1.54) is 4.90 Å². The van der Waals surface area contributed by atoms with Gasteiger partial charge in [-0.25, -0.2) is 4.98 Å². The van der Waals surface area contributed by atoms with Crippen LogP contribution in [0.25, 0.3) is 11.0 Å². The maximum atomic E-state index is 13.9. The average molecular weight is 468 g/mol. The highest BCUT2D eigenvalue weighted by atomic mass is 16.5. The van der Waals surface area contributed by atoms with Crippen molar-refractivity contribution < 1.29 is 19.1 Å². The molecule has 0 saturated carbocycles. The van der Waals surface area contributed by atoms with Crippen LogP contribution in [0, 0.1) is 12.8 Å². The topological polar surface area (TPSA) is 81.5 Å². The van der Waals surface area contributed by atoms with Crippen LogP contribution in [0.15, 0.2) is 78.9 Å². The Balaban J connectivity index is 1.68. The number of amides is 1. The molecule has 1 aliphatic rings. The molecule has 1 amide bonds. The van der Waals surface area contributed by atoms with Gasteiger partial charge in [-0.2, -0.15) is 0 Å². The predicted molar refractivity (Wildman–Crippen MR) is 132 cm³/mol. The van der Waals surface area contributed by atoms with Gasteiger partial charge in [-0.1, -0.05) is 72.3 Å². The van der Waals surface area contributed by atoms with Crippen LogP contribution in [0.2, 0.25) is 0 Å². The number of hydrogen-bond donors (Lipinski definition) is 0. The third kappa shape index (κ3) is 3.99. The Bertz CT molecular complexity index is 1410. The Morgan fingerprint density at radius 3 is 2.34 bits per heavy atom. The van der Waals surface area contributed by atoms with E-state index in [-0.39, 0.29) is 18.9 Å². The van der Waals surface area contributed by atoms with Crippen LogP contribution >= 0.6 is 0 Å². The molecular weight excluding hydrogens is 442 g/mol. The number of benzene rings is 3. The molecule has 3 aromatic carbocycles. The molecule has 4 aromatic rings. The quantitative estimate of drug-likeness (QED) is 0.239. The van der Waals surface area contributed by atoms with Crippen LogP contribution in [-0.2, 0) is 14.3 Å². The Kier molecular flexibility index (Phi) is 5.91. The van der Waals surface area contributed by atoms with Gasteiger partial charge in [-0.15, -0.1) is 0 Å². The summed E-state index contributed by atoms with van der Waals surface area (Å²) in [7, 11) is 0. The summed E-state index contributed by atoms with van der Waals surface area (Å²) in [5.74, 6) is -2.18. The van der Waals surface area contributed by atoms with Gasteiger partial charge in [0.15, 0.2) is 11.7 Å². The molecule has 0 spiro atoms. The molecule has 2 atom stereocenters. The van der Waals surface area contributed by atoms with E-state index in [9.17, 15) is 14.4 Å². The molecule has 0 aliphatic carbocycles. The van der Waals surface area contributed by atoms with E-state index in [1.54, 1.807) is 19.1 Å². The predicted octanol–water partition coefficient (Wildman–Crippen LogP) is 4.34. The fourth-order valence-electron chi connectivity index (χ4n) is 4.62. The fraction of sp³-hybridized carbons (Fsp3) is 0.214. The highest BCUT2D eigenvalue weighted by molar-refractivity contribution is 6.12. The number of para-hydroxylation sites is 2. The van der Waals surface area contributed by atoms with Gasteiger partial charge in [-0.3, -0.25) is 19.3 Å². The standard InChI is InChI=1S/C28H25N3O4/c1-3-35-27(34)24-25(20-9-5-4-6-10-20)31-22-12-8-7-11-21(22)29-28(31)30(26(24)33)17-23(32)19-15-13-18(2)14-16-19/h4-16,24-25H,3,17H2,1-2H3. The molecule has 5 rings (SSSR count). The number of aromatic nitrogens is 2. The summed E-state index contributed by atoms with van der Waals surface area (Å²) >= 11 is 0. The van der Waals surface area contributed by atoms with Crippen molar-refractivity contribution in [2.75, 3.05) is 18.1 Å². The molecule has 0 N–H and O–H groups in total. The molecule has 1 aliphatic heterocycles. The number of ether oxygens (including phenoxy) is 1. The van der Waals surface area contributed by atoms with Crippen LogP contribution in [-0.4, -0.2) is 40.4 Å². The van der Waals surface area contributed by atoms with Gasteiger partial charge in [0.05, 0.1) is 30.2 Å². The van der Waals surface area contributed by atoms with Crippen molar-refractivity contribution in [1.82, 2.24) is 9.55 Å². The summed E-state index contributed by atoms with van der Waals surface area (Å²) in [4.78, 5) is 46.4. The van der Waals surface area contributed by atoms with Crippen molar-refractivity contribution in [3.8, 4) is 0 Å². The lowest BCUT2D eigenvalue weighted by atomic mass is 9.89. The zero-order chi connectivity index (χ0) is 24.5. The Morgan fingerprint density at radius 2 is 1.63 bits per heavy atom. The van der Waals surface area contributed by atoms with Crippen LogP contribution < -0.4 is 4.90 Å². The molecule has 176 valence electrons. The Labute approximate surface area is 203 Å². The second-order valence-corrected chi connectivity index (χ2v) is 8.57. The van der Waals surface area contributed by atoms with E-state index >= 15 is 0 Å². The van der Waals surface area contributed by atoms with Crippen molar-refractivity contribution in [3.63, 3.8) is 0 Å². The van der Waals surface area contributed by atoms with Gasteiger partial charge in [0, 0.05) is 5.56 Å². The first kappa shape index (κ1) is 22.5. The lowest BCUT2D eigenvalue weighted by Gasteiger charge is -2.37. The molecule has 0 radical (unpaired) electrons. The molecule has 1 aromatic heterocycles. The van der Waals surface area contributed by atoms with E-state index in [4.69, 9.17) is 9.72 Å². The number of hydrogen-bond acceptors (Lipinski definition) is 5. The summed E-state index contributed by atoms with van der Waals surface area (Å²) in [6.45, 7) is 3.56. The lowest BCUT2D eigenvalue weighted by molar-refractivity contribution is -0.153. The molecular formula is C28H25N3O4. The van der Waals surface area contributed by atoms with Gasteiger partial charge >= 0.3 is 5.97 Å². The number of carbonyl (C=O) groups is 3. The zero-order valence-corrected chi connectivity index (χ0v) is 19.5. The number of imidazole rings is 1. The van der Waals surface area contributed by atoms with Crippen molar-refractivity contribution in [2.24, 2.45) is 5.92 Å². The van der Waals surface area contributed by atoms with Crippen molar-refractivity contribution in [1.29, 1.82) is 0 Å². The number of ketones is 1. The first-order chi connectivity index (χ1) is 17.0. The number of carbonyl (C=O) groups excluding carboxylic acids is 3. The number of fused-ring (bicyclic) bond motifs is 3. The normalized spacial score (nSPS) is 17.3. The minimum atomic E-state index is -1.16. The van der Waals surface area contributed by atoms with Gasteiger partial charge in [-0.05, 0) is 31.5 Å². The number of nitrogens with zero attached hydrogens (tertiary/aromatic N) is 3. The Hall–Kier alpha value is -4.26. The molecule has 0 saturated heterocycles. The number of rotatable bonds is 6. The highest BCUT2D eigenvalue weighted by Crippen LogP contribution is 2.41. The molecule has 0 fully saturated rings.